The average Bonchev–Trinajstić information content (AvgIpc) is 2.41. The van der Waals surface area contributed by atoms with E-state index in [4.69, 9.17) is 9.47 Å². The largest absolute Gasteiger partial charge is 0.382 e. The molecule has 0 aromatic carbocycles. The molecule has 0 unspecified atom stereocenters. The Hall–Kier alpha value is -0.360. The van der Waals surface area contributed by atoms with Crippen molar-refractivity contribution in [1.82, 2.24) is 10.2 Å². The highest BCUT2D eigenvalue weighted by molar-refractivity contribution is 5.85. The van der Waals surface area contributed by atoms with E-state index in [1.807, 2.05) is 11.9 Å². The molecule has 1 N–H and O–H groups in total. The SMILES string of the molecule is CNCCC1CCN(C(=O)COCCOC)CC1.Cl. The maximum Gasteiger partial charge on any atom is 0.248 e. The molecule has 0 aromatic heterocycles. The first-order chi connectivity index (χ1) is 8.77. The van der Waals surface area contributed by atoms with E-state index in [2.05, 4.69) is 5.32 Å². The topological polar surface area (TPSA) is 50.8 Å². The molecule has 1 aliphatic rings. The molecule has 19 heavy (non-hydrogen) atoms. The van der Waals surface area contributed by atoms with Crippen molar-refractivity contribution in [2.75, 3.05) is 53.6 Å². The third kappa shape index (κ3) is 7.72. The number of hydrogen-bond donors (Lipinski definition) is 1. The third-order valence-electron chi connectivity index (χ3n) is 3.43. The number of nitrogens with zero attached hydrogens (tertiary/aromatic N) is 1. The summed E-state index contributed by atoms with van der Waals surface area (Å²) in [7, 11) is 3.61. The van der Waals surface area contributed by atoms with Crippen LogP contribution in [0.5, 0.6) is 0 Å². The van der Waals surface area contributed by atoms with Crippen molar-refractivity contribution in [2.24, 2.45) is 5.92 Å². The summed E-state index contributed by atoms with van der Waals surface area (Å²) in [5.74, 6) is 0.870. The van der Waals surface area contributed by atoms with E-state index < -0.39 is 0 Å². The number of likely N-dealkylation sites (tertiary alicyclic amines) is 1. The predicted octanol–water partition coefficient (Wildman–Crippen LogP) is 0.919. The van der Waals surface area contributed by atoms with Crippen LogP contribution in [0, 0.1) is 5.92 Å². The highest BCUT2D eigenvalue weighted by atomic mass is 35.5. The zero-order valence-corrected chi connectivity index (χ0v) is 12.8. The second-order valence-corrected chi connectivity index (χ2v) is 4.76. The zero-order valence-electron chi connectivity index (χ0n) is 12.0. The van der Waals surface area contributed by atoms with Gasteiger partial charge in [-0.15, -0.1) is 12.4 Å². The van der Waals surface area contributed by atoms with Gasteiger partial charge in [0.1, 0.15) is 6.61 Å². The molecule has 5 nitrogen and oxygen atoms in total. The summed E-state index contributed by atoms with van der Waals surface area (Å²) in [6.07, 6.45) is 3.44. The molecule has 1 rings (SSSR count). The van der Waals surface area contributed by atoms with E-state index in [1.165, 1.54) is 6.42 Å². The molecule has 0 radical (unpaired) electrons. The fourth-order valence-corrected chi connectivity index (χ4v) is 2.21. The van der Waals surface area contributed by atoms with Crippen LogP contribution in [0.1, 0.15) is 19.3 Å². The lowest BCUT2D eigenvalue weighted by Crippen LogP contribution is -2.40. The monoisotopic (exact) mass is 294 g/mol. The maximum atomic E-state index is 11.8. The molecule has 114 valence electrons. The summed E-state index contributed by atoms with van der Waals surface area (Å²) < 4.78 is 10.1. The zero-order chi connectivity index (χ0) is 13.2. The lowest BCUT2D eigenvalue weighted by atomic mass is 9.93. The number of halogens is 1. The van der Waals surface area contributed by atoms with Crippen molar-refractivity contribution in [1.29, 1.82) is 0 Å². The highest BCUT2D eigenvalue weighted by Crippen LogP contribution is 2.19. The summed E-state index contributed by atoms with van der Waals surface area (Å²) in [6, 6.07) is 0. The maximum absolute atomic E-state index is 11.8. The Balaban J connectivity index is 0.00000324. The molecule has 0 aliphatic carbocycles. The number of rotatable bonds is 8. The van der Waals surface area contributed by atoms with Gasteiger partial charge in [0.2, 0.25) is 5.91 Å². The Morgan fingerprint density at radius 2 is 2.00 bits per heavy atom. The van der Waals surface area contributed by atoms with Gasteiger partial charge < -0.3 is 19.7 Å². The summed E-state index contributed by atoms with van der Waals surface area (Å²) in [5.41, 5.74) is 0. The summed E-state index contributed by atoms with van der Waals surface area (Å²) >= 11 is 0. The van der Waals surface area contributed by atoms with Crippen LogP contribution in [0.3, 0.4) is 0 Å². The van der Waals surface area contributed by atoms with Crippen LogP contribution in [-0.2, 0) is 14.3 Å². The van der Waals surface area contributed by atoms with Gasteiger partial charge in [-0.2, -0.15) is 0 Å². The van der Waals surface area contributed by atoms with Crippen LogP contribution in [0.2, 0.25) is 0 Å². The number of methoxy groups -OCH3 is 1. The molecular formula is C13H27ClN2O3. The Labute approximate surface area is 122 Å². The van der Waals surface area contributed by atoms with E-state index in [0.29, 0.717) is 13.2 Å². The molecule has 1 saturated heterocycles. The number of hydrogen-bond acceptors (Lipinski definition) is 4. The molecule has 0 aromatic rings. The van der Waals surface area contributed by atoms with Crippen LogP contribution in [0.15, 0.2) is 0 Å². The molecule has 0 saturated carbocycles. The van der Waals surface area contributed by atoms with E-state index in [-0.39, 0.29) is 24.9 Å². The second kappa shape index (κ2) is 11.5. The van der Waals surface area contributed by atoms with Gasteiger partial charge in [0, 0.05) is 20.2 Å². The third-order valence-corrected chi connectivity index (χ3v) is 3.43. The average molecular weight is 295 g/mol. The van der Waals surface area contributed by atoms with Gasteiger partial charge in [-0.1, -0.05) is 0 Å². The van der Waals surface area contributed by atoms with E-state index >= 15 is 0 Å². The van der Waals surface area contributed by atoms with Gasteiger partial charge in [0.25, 0.3) is 0 Å². The molecule has 0 spiro atoms. The Morgan fingerprint density at radius 3 is 2.58 bits per heavy atom. The normalized spacial score (nSPS) is 16.2. The lowest BCUT2D eigenvalue weighted by Gasteiger charge is -2.32. The molecule has 0 bridgehead atoms. The van der Waals surface area contributed by atoms with Gasteiger partial charge in [0.05, 0.1) is 13.2 Å². The minimum Gasteiger partial charge on any atom is -0.382 e. The first kappa shape index (κ1) is 18.6. The number of nitrogens with one attached hydrogen (secondary N) is 1. The lowest BCUT2D eigenvalue weighted by molar-refractivity contribution is -0.138. The standard InChI is InChI=1S/C13H26N2O3.ClH/c1-14-6-3-12-4-7-15(8-5-12)13(16)11-18-10-9-17-2;/h12,14H,3-11H2,1-2H3;1H. The number of carbonyl (C=O) groups is 1. The highest BCUT2D eigenvalue weighted by Gasteiger charge is 2.22. The van der Waals surface area contributed by atoms with Gasteiger partial charge >= 0.3 is 0 Å². The summed E-state index contributed by atoms with van der Waals surface area (Å²) in [5, 5.41) is 3.18. The van der Waals surface area contributed by atoms with Crippen molar-refractivity contribution in [3.63, 3.8) is 0 Å². The van der Waals surface area contributed by atoms with Gasteiger partial charge in [-0.25, -0.2) is 0 Å². The van der Waals surface area contributed by atoms with Crippen LogP contribution in [-0.4, -0.2) is 64.4 Å². The van der Waals surface area contributed by atoms with Crippen molar-refractivity contribution < 1.29 is 14.3 Å². The van der Waals surface area contributed by atoms with Gasteiger partial charge in [0.15, 0.2) is 0 Å². The molecule has 1 amide bonds. The van der Waals surface area contributed by atoms with Crippen LogP contribution < -0.4 is 5.32 Å². The summed E-state index contributed by atoms with van der Waals surface area (Å²) in [6.45, 7) is 4.03. The van der Waals surface area contributed by atoms with Gasteiger partial charge in [-0.05, 0) is 38.8 Å². The van der Waals surface area contributed by atoms with E-state index in [0.717, 1.165) is 38.4 Å². The number of carbonyl (C=O) groups excluding carboxylic acids is 1. The quantitative estimate of drug-likeness (QED) is 0.677. The molecule has 0 atom stereocenters. The summed E-state index contributed by atoms with van der Waals surface area (Å²) in [4.78, 5) is 13.7. The first-order valence-electron chi connectivity index (χ1n) is 6.77. The van der Waals surface area contributed by atoms with E-state index in [9.17, 15) is 4.79 Å². The minimum atomic E-state index is 0. The Kier molecular flexibility index (Phi) is 11.2. The van der Waals surface area contributed by atoms with Crippen molar-refractivity contribution in [3.8, 4) is 0 Å². The fourth-order valence-electron chi connectivity index (χ4n) is 2.21. The number of piperidine rings is 1. The smallest absolute Gasteiger partial charge is 0.248 e. The van der Waals surface area contributed by atoms with Crippen LogP contribution in [0.4, 0.5) is 0 Å². The molecule has 6 heteroatoms. The number of ether oxygens (including phenoxy) is 2. The fraction of sp³-hybridized carbons (Fsp3) is 0.923. The minimum absolute atomic E-state index is 0. The van der Waals surface area contributed by atoms with E-state index in [1.54, 1.807) is 7.11 Å². The van der Waals surface area contributed by atoms with Crippen molar-refractivity contribution in [3.05, 3.63) is 0 Å². The van der Waals surface area contributed by atoms with Gasteiger partial charge in [-0.3, -0.25) is 4.79 Å². The molecular weight excluding hydrogens is 268 g/mol. The second-order valence-electron chi connectivity index (χ2n) is 4.76. The Morgan fingerprint density at radius 1 is 1.32 bits per heavy atom. The predicted molar refractivity (Wildman–Crippen MR) is 77.8 cm³/mol. The first-order valence-corrected chi connectivity index (χ1v) is 6.77. The molecule has 1 heterocycles. The number of amides is 1. The Bertz CT molecular complexity index is 234. The van der Waals surface area contributed by atoms with Crippen LogP contribution in [0.25, 0.3) is 0 Å². The van der Waals surface area contributed by atoms with Crippen LogP contribution >= 0.6 is 12.4 Å². The molecule has 1 fully saturated rings. The van der Waals surface area contributed by atoms with Crippen molar-refractivity contribution in [2.45, 2.75) is 19.3 Å². The molecule has 1 aliphatic heterocycles. The van der Waals surface area contributed by atoms with Crippen molar-refractivity contribution >= 4 is 18.3 Å².